The van der Waals surface area contributed by atoms with Gasteiger partial charge in [-0.05, 0) is 67.3 Å². The van der Waals surface area contributed by atoms with Gasteiger partial charge in [-0.3, -0.25) is 9.69 Å². The number of carbonyl (C=O) groups is 1. The number of hydrogen-bond donors (Lipinski definition) is 1. The van der Waals surface area contributed by atoms with Gasteiger partial charge in [0.05, 0.1) is 12.7 Å². The number of nitrogens with one attached hydrogen (secondary N) is 1. The van der Waals surface area contributed by atoms with Crippen LogP contribution in [0.5, 0.6) is 5.75 Å². The van der Waals surface area contributed by atoms with E-state index in [-0.39, 0.29) is 5.91 Å². The van der Waals surface area contributed by atoms with E-state index in [0.29, 0.717) is 17.2 Å². The maximum absolute atomic E-state index is 13.4. The third-order valence-electron chi connectivity index (χ3n) is 6.98. The summed E-state index contributed by atoms with van der Waals surface area (Å²) in [5, 5.41) is 3.09. The molecule has 3 aromatic rings. The van der Waals surface area contributed by atoms with Gasteiger partial charge in [0.25, 0.3) is 5.91 Å². The largest absolute Gasteiger partial charge is 0.496 e. The predicted molar refractivity (Wildman–Crippen MR) is 155 cm³/mol. The summed E-state index contributed by atoms with van der Waals surface area (Å²) in [6.07, 6.45) is 2.29. The normalized spacial score (nSPS) is 13.9. The van der Waals surface area contributed by atoms with Gasteiger partial charge in [-0.25, -0.2) is 0 Å². The maximum Gasteiger partial charge on any atom is 0.256 e. The van der Waals surface area contributed by atoms with E-state index in [1.54, 1.807) is 7.11 Å². The molecule has 4 rings (SSSR count). The van der Waals surface area contributed by atoms with Crippen molar-refractivity contribution in [2.75, 3.05) is 50.1 Å². The molecule has 1 aliphatic rings. The molecule has 1 saturated heterocycles. The fourth-order valence-corrected chi connectivity index (χ4v) is 4.68. The third kappa shape index (κ3) is 6.60. The Morgan fingerprint density at radius 2 is 1.62 bits per heavy atom. The number of benzene rings is 3. The van der Waals surface area contributed by atoms with Gasteiger partial charge in [0, 0.05) is 49.7 Å². The smallest absolute Gasteiger partial charge is 0.256 e. The summed E-state index contributed by atoms with van der Waals surface area (Å²) in [7, 11) is 1.64. The van der Waals surface area contributed by atoms with Crippen molar-refractivity contribution in [2.24, 2.45) is 0 Å². The molecule has 37 heavy (non-hydrogen) atoms. The van der Waals surface area contributed by atoms with Crippen molar-refractivity contribution in [1.82, 2.24) is 4.90 Å². The van der Waals surface area contributed by atoms with E-state index in [0.717, 1.165) is 49.5 Å². The average molecular weight is 498 g/mol. The Kier molecular flexibility index (Phi) is 8.67. The lowest BCUT2D eigenvalue weighted by Gasteiger charge is -2.35. The molecule has 0 aromatic heterocycles. The Balaban J connectivity index is 1.46. The minimum absolute atomic E-state index is 0.150. The van der Waals surface area contributed by atoms with E-state index in [2.05, 4.69) is 85.3 Å². The van der Waals surface area contributed by atoms with Crippen LogP contribution in [-0.4, -0.2) is 50.6 Å². The highest BCUT2D eigenvalue weighted by Crippen LogP contribution is 2.35. The van der Waals surface area contributed by atoms with Crippen LogP contribution in [0.4, 0.5) is 11.4 Å². The average Bonchev–Trinajstić information content (AvgIpc) is 2.92. The molecule has 0 spiro atoms. The summed E-state index contributed by atoms with van der Waals surface area (Å²) in [5.41, 5.74) is 6.95. The van der Waals surface area contributed by atoms with Crippen LogP contribution in [0.2, 0.25) is 0 Å². The molecule has 0 bridgehead atoms. The highest BCUT2D eigenvalue weighted by molar-refractivity contribution is 6.09. The quantitative estimate of drug-likeness (QED) is 0.347. The zero-order valence-corrected chi connectivity index (χ0v) is 22.8. The van der Waals surface area contributed by atoms with E-state index in [1.807, 2.05) is 30.3 Å². The second kappa shape index (κ2) is 12.1. The van der Waals surface area contributed by atoms with E-state index in [4.69, 9.17) is 4.74 Å². The molecule has 194 valence electrons. The molecule has 5 heteroatoms. The van der Waals surface area contributed by atoms with Gasteiger partial charge >= 0.3 is 0 Å². The highest BCUT2D eigenvalue weighted by atomic mass is 16.5. The molecule has 0 unspecified atom stereocenters. The van der Waals surface area contributed by atoms with Crippen LogP contribution in [0.1, 0.15) is 49.5 Å². The zero-order valence-electron chi connectivity index (χ0n) is 22.8. The highest BCUT2D eigenvalue weighted by Gasteiger charge is 2.19. The van der Waals surface area contributed by atoms with Crippen LogP contribution in [0.25, 0.3) is 11.1 Å². The summed E-state index contributed by atoms with van der Waals surface area (Å²) in [5.74, 6) is 0.982. The molecule has 1 heterocycles. The summed E-state index contributed by atoms with van der Waals surface area (Å²) < 4.78 is 5.64. The number of rotatable bonds is 8. The second-order valence-corrected chi connectivity index (χ2v) is 10.2. The topological polar surface area (TPSA) is 44.8 Å². The fourth-order valence-electron chi connectivity index (χ4n) is 4.68. The predicted octanol–water partition coefficient (Wildman–Crippen LogP) is 6.83. The molecule has 3 aromatic carbocycles. The minimum Gasteiger partial charge on any atom is -0.496 e. The lowest BCUT2D eigenvalue weighted by Crippen LogP contribution is -2.46. The SMILES string of the molecule is COc1cccc(C(=O)Nc2ccc(N3CCN(CC=C(C)C)CC3)cc2)c1-c1ccc(C(C)C)cc1. The minimum atomic E-state index is -0.150. The van der Waals surface area contributed by atoms with Gasteiger partial charge in [-0.2, -0.15) is 0 Å². The molecule has 0 aliphatic carbocycles. The van der Waals surface area contributed by atoms with Crippen molar-refractivity contribution in [3.63, 3.8) is 0 Å². The molecule has 1 aliphatic heterocycles. The monoisotopic (exact) mass is 497 g/mol. The van der Waals surface area contributed by atoms with E-state index in [1.165, 1.54) is 16.8 Å². The summed E-state index contributed by atoms with van der Waals surface area (Å²) in [6.45, 7) is 13.8. The Labute approximate surface area is 221 Å². The number of carbonyl (C=O) groups excluding carboxylic acids is 1. The van der Waals surface area contributed by atoms with E-state index < -0.39 is 0 Å². The van der Waals surface area contributed by atoms with Crippen LogP contribution in [0, 0.1) is 0 Å². The van der Waals surface area contributed by atoms with Crippen molar-refractivity contribution < 1.29 is 9.53 Å². The van der Waals surface area contributed by atoms with Gasteiger partial charge in [-0.1, -0.05) is 55.8 Å². The summed E-state index contributed by atoms with van der Waals surface area (Å²) in [4.78, 5) is 18.3. The summed E-state index contributed by atoms with van der Waals surface area (Å²) >= 11 is 0. The number of methoxy groups -OCH3 is 1. The van der Waals surface area contributed by atoms with Crippen LogP contribution in [-0.2, 0) is 0 Å². The van der Waals surface area contributed by atoms with Crippen molar-refractivity contribution in [3.05, 3.63) is 89.5 Å². The molecule has 0 saturated carbocycles. The Hall–Kier alpha value is -3.57. The second-order valence-electron chi connectivity index (χ2n) is 10.2. The van der Waals surface area contributed by atoms with E-state index in [9.17, 15) is 4.79 Å². The van der Waals surface area contributed by atoms with Gasteiger partial charge < -0.3 is 15.0 Å². The summed E-state index contributed by atoms with van der Waals surface area (Å²) in [6, 6.07) is 22.2. The zero-order chi connectivity index (χ0) is 26.4. The van der Waals surface area contributed by atoms with Crippen molar-refractivity contribution in [1.29, 1.82) is 0 Å². The first kappa shape index (κ1) is 26.5. The number of ether oxygens (including phenoxy) is 1. The first-order chi connectivity index (χ1) is 17.9. The van der Waals surface area contributed by atoms with Crippen molar-refractivity contribution in [3.8, 4) is 16.9 Å². The number of hydrogen-bond acceptors (Lipinski definition) is 4. The van der Waals surface area contributed by atoms with E-state index >= 15 is 0 Å². The first-order valence-corrected chi connectivity index (χ1v) is 13.1. The fraction of sp³-hybridized carbons (Fsp3) is 0.344. The maximum atomic E-state index is 13.4. The van der Waals surface area contributed by atoms with Crippen LogP contribution in [0.3, 0.4) is 0 Å². The van der Waals surface area contributed by atoms with Gasteiger partial charge in [0.2, 0.25) is 0 Å². The van der Waals surface area contributed by atoms with Crippen LogP contribution in [0.15, 0.2) is 78.4 Å². The number of piperazine rings is 1. The molecule has 1 amide bonds. The van der Waals surface area contributed by atoms with Crippen LogP contribution >= 0.6 is 0 Å². The molecule has 1 N–H and O–H groups in total. The van der Waals surface area contributed by atoms with Crippen molar-refractivity contribution in [2.45, 2.75) is 33.6 Å². The number of nitrogens with zero attached hydrogens (tertiary/aromatic N) is 2. The van der Waals surface area contributed by atoms with Gasteiger partial charge in [0.15, 0.2) is 0 Å². The molecular weight excluding hydrogens is 458 g/mol. The molecule has 0 atom stereocenters. The number of amides is 1. The Bertz CT molecular complexity index is 1220. The first-order valence-electron chi connectivity index (χ1n) is 13.1. The molecule has 1 fully saturated rings. The molecular formula is C32H39N3O2. The number of anilines is 2. The standard InChI is InChI=1S/C32H39N3O2/c1-23(2)17-18-34-19-21-35(22-20-34)28-15-13-27(14-16-28)33-32(36)29-7-6-8-30(37-5)31(29)26-11-9-25(10-12-26)24(3)4/h6-17,24H,18-22H2,1-5H3,(H,33,36). The Morgan fingerprint density at radius 3 is 2.22 bits per heavy atom. The molecule has 5 nitrogen and oxygen atoms in total. The lowest BCUT2D eigenvalue weighted by molar-refractivity contribution is 0.102. The Morgan fingerprint density at radius 1 is 0.946 bits per heavy atom. The third-order valence-corrected chi connectivity index (χ3v) is 6.98. The van der Waals surface area contributed by atoms with Gasteiger partial charge in [-0.15, -0.1) is 0 Å². The van der Waals surface area contributed by atoms with Crippen LogP contribution < -0.4 is 15.0 Å². The van der Waals surface area contributed by atoms with Gasteiger partial charge in [0.1, 0.15) is 5.75 Å². The van der Waals surface area contributed by atoms with Crippen molar-refractivity contribution >= 4 is 17.3 Å². The number of allylic oxidation sites excluding steroid dienone is 1. The molecule has 0 radical (unpaired) electrons. The lowest BCUT2D eigenvalue weighted by atomic mass is 9.95.